The van der Waals surface area contributed by atoms with Crippen molar-refractivity contribution in [1.82, 2.24) is 24.6 Å². The number of hydrogen-bond donors (Lipinski definition) is 3. The molecule has 0 bridgehead atoms. The SMILES string of the molecule is CNC1(CCN(C)C)C=Cc2nc(Nc3c(C)cccc3C)c3cncn3c2N1. The van der Waals surface area contributed by atoms with Crippen molar-refractivity contribution in [3.8, 4) is 0 Å². The average molecular weight is 392 g/mol. The maximum atomic E-state index is 4.93. The fourth-order valence-corrected chi connectivity index (χ4v) is 3.76. The van der Waals surface area contributed by atoms with E-state index in [9.17, 15) is 0 Å². The highest BCUT2D eigenvalue weighted by Crippen LogP contribution is 2.33. The van der Waals surface area contributed by atoms with E-state index in [2.05, 4.69) is 88.5 Å². The minimum Gasteiger partial charge on any atom is -0.348 e. The van der Waals surface area contributed by atoms with Crippen LogP contribution in [-0.4, -0.2) is 52.6 Å². The van der Waals surface area contributed by atoms with Crippen LogP contribution in [0.3, 0.4) is 0 Å². The van der Waals surface area contributed by atoms with E-state index in [1.54, 1.807) is 0 Å². The number of imidazole rings is 1. The summed E-state index contributed by atoms with van der Waals surface area (Å²) in [7, 11) is 6.16. The zero-order valence-electron chi connectivity index (χ0n) is 17.7. The molecule has 4 rings (SSSR count). The molecule has 3 N–H and O–H groups in total. The number of hydrogen-bond acceptors (Lipinski definition) is 6. The van der Waals surface area contributed by atoms with Gasteiger partial charge in [0.1, 0.15) is 29.0 Å². The maximum absolute atomic E-state index is 4.93. The Labute approximate surface area is 171 Å². The molecule has 1 atom stereocenters. The molecular formula is C22H29N7. The van der Waals surface area contributed by atoms with Gasteiger partial charge >= 0.3 is 0 Å². The van der Waals surface area contributed by atoms with Crippen LogP contribution in [0.25, 0.3) is 11.6 Å². The fraction of sp³-hybridized carbons (Fsp3) is 0.364. The normalized spacial score (nSPS) is 18.1. The highest BCUT2D eigenvalue weighted by atomic mass is 15.3. The van der Waals surface area contributed by atoms with E-state index in [-0.39, 0.29) is 5.66 Å². The Morgan fingerprint density at radius 2 is 1.97 bits per heavy atom. The smallest absolute Gasteiger partial charge is 0.157 e. The van der Waals surface area contributed by atoms with Gasteiger partial charge in [0.15, 0.2) is 5.82 Å². The van der Waals surface area contributed by atoms with Crippen LogP contribution in [0.2, 0.25) is 0 Å². The largest absolute Gasteiger partial charge is 0.348 e. The second-order valence-electron chi connectivity index (χ2n) is 7.97. The Hall–Kier alpha value is -2.90. The quantitative estimate of drug-likeness (QED) is 0.598. The van der Waals surface area contributed by atoms with Crippen molar-refractivity contribution in [3.05, 3.63) is 53.6 Å². The van der Waals surface area contributed by atoms with Crippen LogP contribution in [0.15, 0.2) is 36.8 Å². The molecule has 0 saturated heterocycles. The zero-order valence-corrected chi connectivity index (χ0v) is 17.7. The summed E-state index contributed by atoms with van der Waals surface area (Å²) in [6.07, 6.45) is 8.87. The average Bonchev–Trinajstić information content (AvgIpc) is 3.20. The summed E-state index contributed by atoms with van der Waals surface area (Å²) in [5.41, 5.74) is 4.97. The molecule has 2 aromatic heterocycles. The predicted molar refractivity (Wildman–Crippen MR) is 120 cm³/mol. The summed E-state index contributed by atoms with van der Waals surface area (Å²) in [6.45, 7) is 5.17. The fourth-order valence-electron chi connectivity index (χ4n) is 3.76. The monoisotopic (exact) mass is 391 g/mol. The lowest BCUT2D eigenvalue weighted by atomic mass is 10.0. The van der Waals surface area contributed by atoms with Gasteiger partial charge in [-0.25, -0.2) is 9.97 Å². The highest BCUT2D eigenvalue weighted by Gasteiger charge is 2.31. The number of rotatable bonds is 6. The molecule has 1 aliphatic rings. The van der Waals surface area contributed by atoms with E-state index in [1.165, 1.54) is 11.1 Å². The summed E-state index contributed by atoms with van der Waals surface area (Å²) in [6, 6.07) is 6.28. The lowest BCUT2D eigenvalue weighted by Crippen LogP contribution is -2.51. The first kappa shape index (κ1) is 19.4. The van der Waals surface area contributed by atoms with Crippen molar-refractivity contribution in [2.75, 3.05) is 38.3 Å². The molecule has 29 heavy (non-hydrogen) atoms. The van der Waals surface area contributed by atoms with E-state index in [0.29, 0.717) is 0 Å². The number of benzene rings is 1. The van der Waals surface area contributed by atoms with Crippen molar-refractivity contribution in [3.63, 3.8) is 0 Å². The Morgan fingerprint density at radius 1 is 1.21 bits per heavy atom. The van der Waals surface area contributed by atoms with Crippen LogP contribution in [0.1, 0.15) is 23.2 Å². The molecule has 0 radical (unpaired) electrons. The summed E-state index contributed by atoms with van der Waals surface area (Å²) in [4.78, 5) is 11.5. The van der Waals surface area contributed by atoms with Crippen LogP contribution in [0, 0.1) is 13.8 Å². The van der Waals surface area contributed by atoms with Crippen LogP contribution in [-0.2, 0) is 0 Å². The van der Waals surface area contributed by atoms with Gasteiger partial charge in [-0.15, -0.1) is 0 Å². The molecule has 1 aromatic carbocycles. The maximum Gasteiger partial charge on any atom is 0.157 e. The lowest BCUT2D eigenvalue weighted by Gasteiger charge is -2.36. The third kappa shape index (κ3) is 3.59. The van der Waals surface area contributed by atoms with E-state index in [1.807, 2.05) is 19.6 Å². The van der Waals surface area contributed by atoms with Gasteiger partial charge in [-0.2, -0.15) is 0 Å². The summed E-state index contributed by atoms with van der Waals surface area (Å²) in [5, 5.41) is 10.6. The van der Waals surface area contributed by atoms with Gasteiger partial charge in [-0.3, -0.25) is 9.72 Å². The van der Waals surface area contributed by atoms with E-state index in [0.717, 1.165) is 41.5 Å². The second kappa shape index (κ2) is 7.50. The first-order valence-electron chi connectivity index (χ1n) is 9.93. The topological polar surface area (TPSA) is 69.5 Å². The molecule has 3 heterocycles. The molecule has 7 heteroatoms. The first-order chi connectivity index (χ1) is 13.9. The van der Waals surface area contributed by atoms with E-state index in [4.69, 9.17) is 4.98 Å². The Kier molecular flexibility index (Phi) is 5.02. The Morgan fingerprint density at radius 3 is 2.66 bits per heavy atom. The third-order valence-electron chi connectivity index (χ3n) is 5.59. The number of nitrogens with one attached hydrogen (secondary N) is 3. The summed E-state index contributed by atoms with van der Waals surface area (Å²) in [5.74, 6) is 1.75. The highest BCUT2D eigenvalue weighted by molar-refractivity contribution is 5.81. The molecule has 3 aromatic rings. The van der Waals surface area contributed by atoms with E-state index >= 15 is 0 Å². The minimum atomic E-state index is -0.322. The Balaban J connectivity index is 1.76. The number of nitrogens with zero attached hydrogens (tertiary/aromatic N) is 4. The molecule has 7 nitrogen and oxygen atoms in total. The van der Waals surface area contributed by atoms with Crippen LogP contribution in [0.4, 0.5) is 17.3 Å². The van der Waals surface area contributed by atoms with Gasteiger partial charge in [-0.05, 0) is 58.3 Å². The molecule has 0 amide bonds. The standard InChI is InChI=1S/C22H29N7/c1-15-7-6-8-16(2)19(15)26-20-18-13-24-14-29(18)21-17(25-20)9-10-22(23-3,27-21)11-12-28(4)5/h6-10,13-14,23,27H,11-12H2,1-5H3,(H,25,26). The minimum absolute atomic E-state index is 0.322. The molecule has 0 fully saturated rings. The van der Waals surface area contributed by atoms with Gasteiger partial charge in [0, 0.05) is 18.7 Å². The van der Waals surface area contributed by atoms with Gasteiger partial charge < -0.3 is 15.5 Å². The number of aryl methyl sites for hydroxylation is 2. The predicted octanol–water partition coefficient (Wildman–Crippen LogP) is 3.40. The van der Waals surface area contributed by atoms with Gasteiger partial charge in [0.05, 0.1) is 6.20 Å². The van der Waals surface area contributed by atoms with Crippen molar-refractivity contribution in [1.29, 1.82) is 0 Å². The number of fused-ring (bicyclic) bond motifs is 3. The van der Waals surface area contributed by atoms with Crippen LogP contribution in [0.5, 0.6) is 0 Å². The van der Waals surface area contributed by atoms with Crippen molar-refractivity contribution in [2.45, 2.75) is 25.9 Å². The van der Waals surface area contributed by atoms with Gasteiger partial charge in [0.25, 0.3) is 0 Å². The van der Waals surface area contributed by atoms with E-state index < -0.39 is 0 Å². The first-order valence-corrected chi connectivity index (χ1v) is 9.93. The van der Waals surface area contributed by atoms with Crippen LogP contribution < -0.4 is 16.0 Å². The van der Waals surface area contributed by atoms with Gasteiger partial charge in [0.2, 0.25) is 0 Å². The summed E-state index contributed by atoms with van der Waals surface area (Å²) < 4.78 is 2.07. The summed E-state index contributed by atoms with van der Waals surface area (Å²) >= 11 is 0. The molecular weight excluding hydrogens is 362 g/mol. The molecule has 152 valence electrons. The molecule has 0 aliphatic carbocycles. The third-order valence-corrected chi connectivity index (χ3v) is 5.59. The number of aromatic nitrogens is 3. The van der Waals surface area contributed by atoms with Crippen molar-refractivity contribution in [2.24, 2.45) is 0 Å². The van der Waals surface area contributed by atoms with Crippen molar-refractivity contribution < 1.29 is 0 Å². The molecule has 1 aliphatic heterocycles. The zero-order chi connectivity index (χ0) is 20.6. The molecule has 0 saturated carbocycles. The van der Waals surface area contributed by atoms with Crippen LogP contribution >= 0.6 is 0 Å². The number of anilines is 3. The number of para-hydroxylation sites is 1. The number of likely N-dealkylation sites (N-methyl/N-ethyl adjacent to an activating group) is 1. The lowest BCUT2D eigenvalue weighted by molar-refractivity contribution is 0.340. The molecule has 0 spiro atoms. The van der Waals surface area contributed by atoms with Gasteiger partial charge in [-0.1, -0.05) is 18.2 Å². The van der Waals surface area contributed by atoms with Crippen molar-refractivity contribution >= 4 is 28.9 Å². The second-order valence-corrected chi connectivity index (χ2v) is 7.97. The molecule has 1 unspecified atom stereocenters. The Bertz CT molecular complexity index is 1050.